The predicted octanol–water partition coefficient (Wildman–Crippen LogP) is -0.148. The number of halogens is 1. The molecule has 0 unspecified atom stereocenters. The van der Waals surface area contributed by atoms with Crippen LogP contribution in [0.15, 0.2) is 0 Å². The molecule has 0 heterocycles. The molecule has 0 rings (SSSR count). The summed E-state index contributed by atoms with van der Waals surface area (Å²) in [6.07, 6.45) is 0. The van der Waals surface area contributed by atoms with Gasteiger partial charge in [-0.05, 0) is 0 Å². The molecule has 0 atom stereocenters. The lowest BCUT2D eigenvalue weighted by Gasteiger charge is -2.15. The number of hydrogen-bond donors (Lipinski definition) is 2. The summed E-state index contributed by atoms with van der Waals surface area (Å²) in [5.74, 6) is -2.03. The summed E-state index contributed by atoms with van der Waals surface area (Å²) in [6.45, 7) is -0.0611. The highest BCUT2D eigenvalue weighted by Crippen LogP contribution is 1.90. The normalized spacial score (nSPS) is 10.2. The predicted molar refractivity (Wildman–Crippen MR) is 45.5 cm³/mol. The number of nitrogens with zero attached hydrogens (tertiary/aromatic N) is 1. The second kappa shape index (κ2) is 5.96. The van der Waals surface area contributed by atoms with Gasteiger partial charge in [0, 0.05) is 11.9 Å². The van der Waals surface area contributed by atoms with Crippen LogP contribution in [-0.4, -0.2) is 52.0 Å². The number of carbonyl (C=O) groups is 2. The van der Waals surface area contributed by atoms with E-state index in [0.29, 0.717) is 11.9 Å². The first-order chi connectivity index (χ1) is 5.56. The van der Waals surface area contributed by atoms with Gasteiger partial charge in [-0.1, -0.05) is 15.9 Å². The van der Waals surface area contributed by atoms with Crippen molar-refractivity contribution >= 4 is 27.9 Å². The molecule has 0 spiro atoms. The summed E-state index contributed by atoms with van der Waals surface area (Å²) < 4.78 is 0. The van der Waals surface area contributed by atoms with Gasteiger partial charge in [-0.3, -0.25) is 14.5 Å². The number of carboxylic acid groups (broad SMARTS) is 2. The van der Waals surface area contributed by atoms with Gasteiger partial charge in [0.15, 0.2) is 0 Å². The lowest BCUT2D eigenvalue weighted by Crippen LogP contribution is -2.35. The van der Waals surface area contributed by atoms with Crippen LogP contribution in [0.4, 0.5) is 0 Å². The van der Waals surface area contributed by atoms with E-state index < -0.39 is 11.9 Å². The summed E-state index contributed by atoms with van der Waals surface area (Å²) in [5, 5.41) is 17.3. The van der Waals surface area contributed by atoms with Crippen LogP contribution in [0, 0.1) is 0 Å². The van der Waals surface area contributed by atoms with Crippen LogP contribution in [0.25, 0.3) is 0 Å². The SMILES string of the molecule is O=C(O)CN(CCBr)CC(=O)O. The molecular weight excluding hydrogens is 230 g/mol. The minimum Gasteiger partial charge on any atom is -0.480 e. The summed E-state index contributed by atoms with van der Waals surface area (Å²) in [4.78, 5) is 21.8. The monoisotopic (exact) mass is 239 g/mol. The van der Waals surface area contributed by atoms with E-state index in [4.69, 9.17) is 10.2 Å². The lowest BCUT2D eigenvalue weighted by atomic mass is 10.4. The first-order valence-corrected chi connectivity index (χ1v) is 4.40. The maximum atomic E-state index is 10.2. The van der Waals surface area contributed by atoms with E-state index in [-0.39, 0.29) is 13.1 Å². The van der Waals surface area contributed by atoms with Crippen molar-refractivity contribution in [1.29, 1.82) is 0 Å². The highest BCUT2D eigenvalue weighted by atomic mass is 79.9. The lowest BCUT2D eigenvalue weighted by molar-refractivity contribution is -0.141. The van der Waals surface area contributed by atoms with E-state index in [0.717, 1.165) is 0 Å². The molecule has 0 aliphatic rings. The summed E-state index contributed by atoms with van der Waals surface area (Å²) in [5.41, 5.74) is 0. The Kier molecular flexibility index (Phi) is 5.65. The Bertz CT molecular complexity index is 157. The van der Waals surface area contributed by atoms with Crippen molar-refractivity contribution in [2.45, 2.75) is 0 Å². The molecule has 0 fully saturated rings. The standard InChI is InChI=1S/C6H10BrNO4/c7-1-2-8(3-5(9)10)4-6(11)12/h1-4H2,(H,9,10)(H,11,12). The van der Waals surface area contributed by atoms with E-state index in [2.05, 4.69) is 15.9 Å². The fourth-order valence-corrected chi connectivity index (χ4v) is 1.22. The molecule has 0 aromatic carbocycles. The molecule has 0 saturated heterocycles. The molecule has 0 amide bonds. The second-order valence-corrected chi connectivity index (χ2v) is 2.98. The number of rotatable bonds is 6. The van der Waals surface area contributed by atoms with Crippen molar-refractivity contribution in [1.82, 2.24) is 4.90 Å². The molecule has 6 heteroatoms. The fraction of sp³-hybridized carbons (Fsp3) is 0.667. The first kappa shape index (κ1) is 11.4. The van der Waals surface area contributed by atoms with Crippen LogP contribution < -0.4 is 0 Å². The van der Waals surface area contributed by atoms with Crippen LogP contribution in [-0.2, 0) is 9.59 Å². The molecule has 0 aliphatic carbocycles. The largest absolute Gasteiger partial charge is 0.480 e. The third-order valence-corrected chi connectivity index (χ3v) is 1.47. The number of alkyl halides is 1. The van der Waals surface area contributed by atoms with Crippen molar-refractivity contribution in [3.8, 4) is 0 Å². The zero-order valence-electron chi connectivity index (χ0n) is 6.36. The van der Waals surface area contributed by atoms with Gasteiger partial charge in [-0.2, -0.15) is 0 Å². The topological polar surface area (TPSA) is 77.8 Å². The molecule has 0 saturated carbocycles. The molecule has 70 valence electrons. The number of carboxylic acids is 2. The minimum atomic E-state index is -1.02. The molecule has 12 heavy (non-hydrogen) atoms. The quantitative estimate of drug-likeness (QED) is 0.631. The Morgan fingerprint density at radius 2 is 1.58 bits per heavy atom. The highest BCUT2D eigenvalue weighted by molar-refractivity contribution is 9.09. The van der Waals surface area contributed by atoms with Crippen molar-refractivity contribution in [2.75, 3.05) is 25.0 Å². The van der Waals surface area contributed by atoms with E-state index in [1.54, 1.807) is 0 Å². The van der Waals surface area contributed by atoms with E-state index in [1.807, 2.05) is 0 Å². The molecule has 0 aromatic rings. The summed E-state index contributed by atoms with van der Waals surface area (Å²) in [7, 11) is 0. The summed E-state index contributed by atoms with van der Waals surface area (Å²) in [6, 6.07) is 0. The van der Waals surface area contributed by atoms with Crippen LogP contribution in [0.5, 0.6) is 0 Å². The first-order valence-electron chi connectivity index (χ1n) is 3.28. The Morgan fingerprint density at radius 3 is 1.83 bits per heavy atom. The second-order valence-electron chi connectivity index (χ2n) is 2.19. The van der Waals surface area contributed by atoms with Crippen molar-refractivity contribution in [3.05, 3.63) is 0 Å². The van der Waals surface area contributed by atoms with Crippen molar-refractivity contribution in [3.63, 3.8) is 0 Å². The molecule has 0 aliphatic heterocycles. The van der Waals surface area contributed by atoms with E-state index in [1.165, 1.54) is 4.90 Å². The molecule has 0 aromatic heterocycles. The fourth-order valence-electron chi connectivity index (χ4n) is 0.716. The third kappa shape index (κ3) is 6.11. The van der Waals surface area contributed by atoms with E-state index in [9.17, 15) is 9.59 Å². The van der Waals surface area contributed by atoms with Gasteiger partial charge in [-0.15, -0.1) is 0 Å². The van der Waals surface area contributed by atoms with Crippen LogP contribution in [0.1, 0.15) is 0 Å². The Morgan fingerprint density at radius 1 is 1.17 bits per heavy atom. The van der Waals surface area contributed by atoms with Crippen molar-refractivity contribution < 1.29 is 19.8 Å². The van der Waals surface area contributed by atoms with Gasteiger partial charge in [-0.25, -0.2) is 0 Å². The molecule has 5 nitrogen and oxygen atoms in total. The summed E-state index contributed by atoms with van der Waals surface area (Å²) >= 11 is 3.10. The van der Waals surface area contributed by atoms with Crippen LogP contribution in [0.2, 0.25) is 0 Å². The molecular formula is C6H10BrNO4. The zero-order chi connectivity index (χ0) is 9.56. The Balaban J connectivity index is 3.85. The average molecular weight is 240 g/mol. The molecule has 0 radical (unpaired) electrons. The van der Waals surface area contributed by atoms with Gasteiger partial charge in [0.05, 0.1) is 13.1 Å². The number of hydrogen-bond acceptors (Lipinski definition) is 3. The smallest absolute Gasteiger partial charge is 0.317 e. The third-order valence-electron chi connectivity index (χ3n) is 1.12. The minimum absolute atomic E-state index is 0.238. The van der Waals surface area contributed by atoms with Gasteiger partial charge in [0.25, 0.3) is 0 Å². The van der Waals surface area contributed by atoms with Crippen LogP contribution in [0.3, 0.4) is 0 Å². The maximum absolute atomic E-state index is 10.2. The van der Waals surface area contributed by atoms with Gasteiger partial charge in [0.2, 0.25) is 0 Å². The Hall–Kier alpha value is -0.620. The Labute approximate surface area is 78.1 Å². The van der Waals surface area contributed by atoms with Crippen LogP contribution >= 0.6 is 15.9 Å². The van der Waals surface area contributed by atoms with E-state index >= 15 is 0 Å². The van der Waals surface area contributed by atoms with Gasteiger partial charge in [0.1, 0.15) is 0 Å². The highest BCUT2D eigenvalue weighted by Gasteiger charge is 2.11. The molecule has 2 N–H and O–H groups in total. The van der Waals surface area contributed by atoms with Gasteiger partial charge >= 0.3 is 11.9 Å². The molecule has 0 bridgehead atoms. The maximum Gasteiger partial charge on any atom is 0.317 e. The zero-order valence-corrected chi connectivity index (χ0v) is 7.95. The van der Waals surface area contributed by atoms with Gasteiger partial charge < -0.3 is 10.2 Å². The van der Waals surface area contributed by atoms with Crippen molar-refractivity contribution in [2.24, 2.45) is 0 Å². The average Bonchev–Trinajstić information content (AvgIpc) is 1.84. The number of aliphatic carboxylic acids is 2.